The van der Waals surface area contributed by atoms with Crippen molar-refractivity contribution in [1.82, 2.24) is 4.57 Å². The van der Waals surface area contributed by atoms with Crippen LogP contribution in [0.3, 0.4) is 0 Å². The smallest absolute Gasteiger partial charge is 0.249 e. The lowest BCUT2D eigenvalue weighted by Crippen LogP contribution is -2.11. The van der Waals surface area contributed by atoms with Gasteiger partial charge in [-0.3, -0.25) is 4.79 Å². The average Bonchev–Trinajstić information content (AvgIpc) is 3.37. The summed E-state index contributed by atoms with van der Waals surface area (Å²) < 4.78 is 7.68. The first-order chi connectivity index (χ1) is 14.5. The van der Waals surface area contributed by atoms with Gasteiger partial charge in [-0.1, -0.05) is 47.5 Å². The summed E-state index contributed by atoms with van der Waals surface area (Å²) in [7, 11) is 0. The summed E-state index contributed by atoms with van der Waals surface area (Å²) in [6, 6.07) is 20.8. The van der Waals surface area contributed by atoms with Crippen LogP contribution >= 0.6 is 23.2 Å². The molecular weight excluding hydrogens is 419 g/mol. The molecule has 0 bridgehead atoms. The number of nitrogens with zero attached hydrogens (tertiary/aromatic N) is 1. The highest BCUT2D eigenvalue weighted by molar-refractivity contribution is 6.36. The average molecular weight is 435 g/mol. The summed E-state index contributed by atoms with van der Waals surface area (Å²) in [6.45, 7) is 0.447. The Labute approximate surface area is 182 Å². The Hall–Kier alpha value is -3.21. The molecule has 148 valence electrons. The Morgan fingerprint density at radius 2 is 1.70 bits per heavy atom. The molecular formula is C24H16Cl2N2O2. The monoisotopic (exact) mass is 434 g/mol. The molecule has 30 heavy (non-hydrogen) atoms. The zero-order valence-electron chi connectivity index (χ0n) is 15.7. The van der Waals surface area contributed by atoms with Crippen molar-refractivity contribution in [1.29, 1.82) is 0 Å². The number of primary amides is 1. The van der Waals surface area contributed by atoms with E-state index < -0.39 is 5.91 Å². The van der Waals surface area contributed by atoms with Gasteiger partial charge >= 0.3 is 0 Å². The van der Waals surface area contributed by atoms with Crippen LogP contribution in [0.1, 0.15) is 15.9 Å². The van der Waals surface area contributed by atoms with Crippen LogP contribution in [-0.2, 0) is 6.54 Å². The Kier molecular flexibility index (Phi) is 4.54. The summed E-state index contributed by atoms with van der Waals surface area (Å²) in [6.07, 6.45) is 1.64. The highest BCUT2D eigenvalue weighted by Crippen LogP contribution is 2.36. The molecule has 0 atom stereocenters. The first kappa shape index (κ1) is 18.8. The second-order valence-corrected chi connectivity index (χ2v) is 7.87. The Morgan fingerprint density at radius 1 is 0.933 bits per heavy atom. The molecule has 6 heteroatoms. The molecule has 2 heterocycles. The number of fused-ring (bicyclic) bond motifs is 3. The van der Waals surface area contributed by atoms with E-state index >= 15 is 0 Å². The van der Waals surface area contributed by atoms with Gasteiger partial charge in [0.2, 0.25) is 5.91 Å². The predicted octanol–water partition coefficient (Wildman–Crippen LogP) is 6.51. The Morgan fingerprint density at radius 3 is 2.40 bits per heavy atom. The van der Waals surface area contributed by atoms with Gasteiger partial charge in [0.15, 0.2) is 0 Å². The molecule has 2 aromatic heterocycles. The number of carbonyl (C=O) groups excluding carboxylic acids is 1. The molecule has 0 aliphatic heterocycles. The number of carbonyl (C=O) groups is 1. The highest BCUT2D eigenvalue weighted by Gasteiger charge is 2.19. The SMILES string of the molecule is NC(=O)c1cccc2c1c1ccc(-c3ccco3)cc1n2Cc1c(Cl)cccc1Cl. The van der Waals surface area contributed by atoms with Crippen molar-refractivity contribution in [2.24, 2.45) is 5.73 Å². The Bertz CT molecular complexity index is 1400. The normalized spacial score (nSPS) is 11.4. The molecule has 0 saturated heterocycles. The van der Waals surface area contributed by atoms with Gasteiger partial charge < -0.3 is 14.7 Å². The number of halogens is 2. The van der Waals surface area contributed by atoms with E-state index in [1.54, 1.807) is 12.3 Å². The fourth-order valence-electron chi connectivity index (χ4n) is 3.96. The van der Waals surface area contributed by atoms with Crippen LogP contribution in [0.2, 0.25) is 10.0 Å². The third kappa shape index (κ3) is 2.96. The molecule has 5 rings (SSSR count). The lowest BCUT2D eigenvalue weighted by atomic mass is 10.0. The molecule has 5 aromatic rings. The maximum absolute atomic E-state index is 12.1. The second kappa shape index (κ2) is 7.24. The molecule has 3 aromatic carbocycles. The molecule has 0 saturated carbocycles. The minimum Gasteiger partial charge on any atom is -0.464 e. The van der Waals surface area contributed by atoms with Crippen molar-refractivity contribution in [2.45, 2.75) is 6.54 Å². The molecule has 2 N–H and O–H groups in total. The summed E-state index contributed by atoms with van der Waals surface area (Å²) in [5.41, 5.74) is 9.72. The van der Waals surface area contributed by atoms with Crippen LogP contribution in [0.15, 0.2) is 77.4 Å². The highest BCUT2D eigenvalue weighted by atomic mass is 35.5. The molecule has 4 nitrogen and oxygen atoms in total. The van der Waals surface area contributed by atoms with E-state index in [0.29, 0.717) is 22.2 Å². The quantitative estimate of drug-likeness (QED) is 0.350. The fourth-order valence-corrected chi connectivity index (χ4v) is 4.47. The number of rotatable bonds is 4. The van der Waals surface area contributed by atoms with E-state index in [4.69, 9.17) is 33.4 Å². The maximum Gasteiger partial charge on any atom is 0.249 e. The van der Waals surface area contributed by atoms with Crippen LogP contribution in [0.4, 0.5) is 0 Å². The third-order valence-corrected chi connectivity index (χ3v) is 6.05. The van der Waals surface area contributed by atoms with Crippen molar-refractivity contribution in [3.63, 3.8) is 0 Å². The fraction of sp³-hybridized carbons (Fsp3) is 0.0417. The first-order valence-corrected chi connectivity index (χ1v) is 10.1. The minimum atomic E-state index is -0.467. The molecule has 1 amide bonds. The van der Waals surface area contributed by atoms with Crippen LogP contribution in [0.25, 0.3) is 33.1 Å². The number of benzene rings is 3. The van der Waals surface area contributed by atoms with Crippen LogP contribution in [0, 0.1) is 0 Å². The van der Waals surface area contributed by atoms with Crippen molar-refractivity contribution in [2.75, 3.05) is 0 Å². The van der Waals surface area contributed by atoms with Gasteiger partial charge in [0.25, 0.3) is 0 Å². The van der Waals surface area contributed by atoms with Gasteiger partial charge in [-0.15, -0.1) is 0 Å². The van der Waals surface area contributed by atoms with Crippen molar-refractivity contribution >= 4 is 50.9 Å². The lowest BCUT2D eigenvalue weighted by Gasteiger charge is -2.12. The molecule has 0 radical (unpaired) electrons. The number of hydrogen-bond donors (Lipinski definition) is 1. The summed E-state index contributed by atoms with van der Waals surface area (Å²) in [5, 5.41) is 2.92. The molecule has 0 aliphatic carbocycles. The van der Waals surface area contributed by atoms with Crippen molar-refractivity contribution < 1.29 is 9.21 Å². The Balaban J connectivity index is 1.85. The molecule has 0 fully saturated rings. The third-order valence-electron chi connectivity index (χ3n) is 5.34. The van der Waals surface area contributed by atoms with E-state index in [0.717, 1.165) is 38.7 Å². The van der Waals surface area contributed by atoms with Gasteiger partial charge in [0.05, 0.1) is 23.8 Å². The van der Waals surface area contributed by atoms with Crippen LogP contribution in [0.5, 0.6) is 0 Å². The van der Waals surface area contributed by atoms with E-state index in [-0.39, 0.29) is 0 Å². The second-order valence-electron chi connectivity index (χ2n) is 7.06. The van der Waals surface area contributed by atoms with Gasteiger partial charge in [0, 0.05) is 37.5 Å². The largest absolute Gasteiger partial charge is 0.464 e. The minimum absolute atomic E-state index is 0.447. The molecule has 0 aliphatic rings. The lowest BCUT2D eigenvalue weighted by molar-refractivity contribution is 0.100. The van der Waals surface area contributed by atoms with Gasteiger partial charge in [0.1, 0.15) is 5.76 Å². The first-order valence-electron chi connectivity index (χ1n) is 9.36. The van der Waals surface area contributed by atoms with Crippen LogP contribution in [-0.4, -0.2) is 10.5 Å². The van der Waals surface area contributed by atoms with E-state index in [1.807, 2.05) is 60.7 Å². The summed E-state index contributed by atoms with van der Waals surface area (Å²) in [5.74, 6) is 0.296. The van der Waals surface area contributed by atoms with Crippen molar-refractivity contribution in [3.8, 4) is 11.3 Å². The standard InChI is InChI=1S/C24H16Cl2N2O2/c25-18-5-2-6-19(26)17(18)13-28-20-7-1-4-16(24(27)29)23(20)15-10-9-14(12-21(15)28)22-8-3-11-30-22/h1-12H,13H2,(H2,27,29). The topological polar surface area (TPSA) is 61.2 Å². The molecule has 0 unspecified atom stereocenters. The zero-order valence-corrected chi connectivity index (χ0v) is 17.2. The van der Waals surface area contributed by atoms with Crippen LogP contribution < -0.4 is 5.73 Å². The number of nitrogens with two attached hydrogens (primary N) is 1. The van der Waals surface area contributed by atoms with E-state index in [9.17, 15) is 4.79 Å². The zero-order chi connectivity index (χ0) is 20.8. The predicted molar refractivity (Wildman–Crippen MR) is 121 cm³/mol. The van der Waals surface area contributed by atoms with Gasteiger partial charge in [-0.05, 0) is 42.5 Å². The number of hydrogen-bond acceptors (Lipinski definition) is 2. The van der Waals surface area contributed by atoms with Crippen molar-refractivity contribution in [3.05, 3.63) is 94.2 Å². The number of aromatic nitrogens is 1. The van der Waals surface area contributed by atoms with E-state index in [2.05, 4.69) is 4.57 Å². The number of amides is 1. The number of furan rings is 1. The van der Waals surface area contributed by atoms with Gasteiger partial charge in [-0.2, -0.15) is 0 Å². The maximum atomic E-state index is 12.1. The molecule has 0 spiro atoms. The summed E-state index contributed by atoms with van der Waals surface area (Å²) in [4.78, 5) is 12.1. The van der Waals surface area contributed by atoms with Gasteiger partial charge in [-0.25, -0.2) is 0 Å². The van der Waals surface area contributed by atoms with E-state index in [1.165, 1.54) is 0 Å². The summed E-state index contributed by atoms with van der Waals surface area (Å²) >= 11 is 12.9.